The molecule has 38 heavy (non-hydrogen) atoms. The van der Waals surface area contributed by atoms with Crippen LogP contribution in [-0.2, 0) is 28.8 Å². The Hall–Kier alpha value is -2.98. The zero-order valence-electron chi connectivity index (χ0n) is 25.5. The van der Waals surface area contributed by atoms with Crippen molar-refractivity contribution < 1.29 is 28.8 Å². The summed E-state index contributed by atoms with van der Waals surface area (Å²) in [5.74, 6) is -1.99. The Kier molecular flexibility index (Phi) is 33.5. The monoisotopic (exact) mass is 545 g/mol. The largest absolute Gasteiger partial charge is 0.355 e. The highest BCUT2D eigenvalue weighted by Crippen LogP contribution is 2.05. The molecule has 0 rings (SSSR count). The van der Waals surface area contributed by atoms with Crippen LogP contribution in [0, 0.1) is 5.92 Å². The molecular formula is C27H55N5O6. The summed E-state index contributed by atoms with van der Waals surface area (Å²) in [4.78, 5) is 71.0. The van der Waals surface area contributed by atoms with E-state index in [1.165, 1.54) is 6.92 Å². The van der Waals surface area contributed by atoms with Crippen LogP contribution in [0.3, 0.4) is 0 Å². The third kappa shape index (κ3) is 26.1. The summed E-state index contributed by atoms with van der Waals surface area (Å²) in [5.41, 5.74) is 0. The second kappa shape index (κ2) is 30.2. The predicted octanol–water partition coefficient (Wildman–Crippen LogP) is 2.18. The molecule has 0 aromatic heterocycles. The van der Waals surface area contributed by atoms with Crippen LogP contribution in [0.1, 0.15) is 94.4 Å². The molecule has 0 aromatic rings. The highest BCUT2D eigenvalue weighted by Gasteiger charge is 2.16. The molecule has 11 nitrogen and oxygen atoms in total. The van der Waals surface area contributed by atoms with Gasteiger partial charge < -0.3 is 31.0 Å². The number of carbonyl (C=O) groups excluding carboxylic acids is 6. The van der Waals surface area contributed by atoms with E-state index >= 15 is 0 Å². The van der Waals surface area contributed by atoms with E-state index in [2.05, 4.69) is 21.3 Å². The molecule has 4 N–H and O–H groups in total. The zero-order valence-corrected chi connectivity index (χ0v) is 25.5. The van der Waals surface area contributed by atoms with Gasteiger partial charge in [-0.05, 0) is 26.7 Å². The Labute approximate surface area is 230 Å². The van der Waals surface area contributed by atoms with Crippen molar-refractivity contribution in [2.24, 2.45) is 5.92 Å². The summed E-state index contributed by atoms with van der Waals surface area (Å²) < 4.78 is 0. The molecule has 0 bridgehead atoms. The van der Waals surface area contributed by atoms with Gasteiger partial charge in [0.25, 0.3) is 0 Å². The molecule has 11 heteroatoms. The first-order valence-corrected chi connectivity index (χ1v) is 13.9. The van der Waals surface area contributed by atoms with Gasteiger partial charge in [0.1, 0.15) is 12.3 Å². The van der Waals surface area contributed by atoms with Crippen molar-refractivity contribution in [2.75, 3.05) is 33.2 Å². The van der Waals surface area contributed by atoms with Crippen molar-refractivity contribution in [3.8, 4) is 0 Å². The maximum absolute atomic E-state index is 11.9. The van der Waals surface area contributed by atoms with Gasteiger partial charge in [-0.3, -0.25) is 24.0 Å². The molecule has 2 atom stereocenters. The molecule has 0 aliphatic heterocycles. The van der Waals surface area contributed by atoms with Crippen LogP contribution in [0.2, 0.25) is 0 Å². The van der Waals surface area contributed by atoms with Gasteiger partial charge in [-0.1, -0.05) is 54.9 Å². The van der Waals surface area contributed by atoms with Crippen molar-refractivity contribution in [3.05, 3.63) is 0 Å². The average Bonchev–Trinajstić information content (AvgIpc) is 2.93. The van der Waals surface area contributed by atoms with Crippen LogP contribution in [0.25, 0.3) is 0 Å². The lowest BCUT2D eigenvalue weighted by molar-refractivity contribution is -0.132. The first-order chi connectivity index (χ1) is 18.1. The molecule has 0 fully saturated rings. The fraction of sp³-hybridized carbons (Fsp3) is 0.778. The first kappa shape index (κ1) is 42.1. The number of nitrogens with one attached hydrogen (secondary N) is 4. The molecule has 2 unspecified atom stereocenters. The number of likely N-dealkylation sites (N-methyl/N-ethyl adjacent to an activating group) is 1. The lowest BCUT2D eigenvalue weighted by Crippen LogP contribution is -2.49. The highest BCUT2D eigenvalue weighted by atomic mass is 16.2. The molecule has 5 amide bonds. The van der Waals surface area contributed by atoms with Gasteiger partial charge in [-0.2, -0.15) is 0 Å². The molecule has 0 aliphatic carbocycles. The quantitative estimate of drug-likeness (QED) is 0.172. The Morgan fingerprint density at radius 2 is 1.32 bits per heavy atom. The smallest absolute Gasteiger partial charge is 0.242 e. The fourth-order valence-corrected chi connectivity index (χ4v) is 2.62. The van der Waals surface area contributed by atoms with Crippen LogP contribution in [0.15, 0.2) is 0 Å². The van der Waals surface area contributed by atoms with Gasteiger partial charge in [0.2, 0.25) is 29.5 Å². The van der Waals surface area contributed by atoms with Crippen LogP contribution < -0.4 is 21.3 Å². The Balaban J connectivity index is -0.000000892. The lowest BCUT2D eigenvalue weighted by Gasteiger charge is -2.17. The molecule has 0 heterocycles. The Bertz CT molecular complexity index is 658. The number of hydrogen-bond acceptors (Lipinski definition) is 6. The summed E-state index contributed by atoms with van der Waals surface area (Å²) in [6.07, 6.45) is 3.28. The van der Waals surface area contributed by atoms with E-state index in [4.69, 9.17) is 0 Å². The van der Waals surface area contributed by atoms with E-state index in [-0.39, 0.29) is 49.6 Å². The van der Waals surface area contributed by atoms with E-state index < -0.39 is 17.9 Å². The molecular weight excluding hydrogens is 490 g/mol. The van der Waals surface area contributed by atoms with Crippen LogP contribution in [-0.4, -0.2) is 80.0 Å². The summed E-state index contributed by atoms with van der Waals surface area (Å²) >= 11 is 0. The summed E-state index contributed by atoms with van der Waals surface area (Å²) in [6, 6.07) is -0.844. The third-order valence-corrected chi connectivity index (χ3v) is 4.57. The molecule has 224 valence electrons. The molecule has 0 radical (unpaired) electrons. The molecule has 0 aliphatic rings. The number of aldehydes is 1. The molecule has 0 aromatic carbocycles. The number of unbranched alkanes of at least 4 members (excludes halogenated alkanes) is 2. The average molecular weight is 546 g/mol. The van der Waals surface area contributed by atoms with Crippen LogP contribution in [0.5, 0.6) is 0 Å². The molecule has 0 saturated heterocycles. The standard InChI is InChI=1S/C21H37N5O6.3C2H6/c1-5-22-18(29)12-24-21(32)16(3)25-19(30)13-23-17(28)9-7-6-8-10-26(4)20(31)11-15(2)14-27;3*1-2/h14-16H,5-13H2,1-4H3,(H,22,29)(H,23,28)(H,24,32)(H,25,30);3*1-2H3. The minimum atomic E-state index is -0.844. The van der Waals surface area contributed by atoms with Crippen LogP contribution in [0.4, 0.5) is 0 Å². The van der Waals surface area contributed by atoms with Crippen LogP contribution >= 0.6 is 0 Å². The van der Waals surface area contributed by atoms with Gasteiger partial charge in [0.15, 0.2) is 0 Å². The normalized spacial score (nSPS) is 10.7. The topological polar surface area (TPSA) is 154 Å². The molecule has 0 spiro atoms. The number of carbonyl (C=O) groups is 6. The Morgan fingerprint density at radius 3 is 1.84 bits per heavy atom. The van der Waals surface area contributed by atoms with Gasteiger partial charge in [0.05, 0.1) is 13.1 Å². The van der Waals surface area contributed by atoms with Crippen molar-refractivity contribution in [1.29, 1.82) is 0 Å². The van der Waals surface area contributed by atoms with E-state index in [0.29, 0.717) is 19.5 Å². The summed E-state index contributed by atoms with van der Waals surface area (Å²) in [5, 5.41) is 9.90. The Morgan fingerprint density at radius 1 is 0.763 bits per heavy atom. The van der Waals surface area contributed by atoms with E-state index in [0.717, 1.165) is 19.1 Å². The number of amides is 5. The maximum Gasteiger partial charge on any atom is 0.242 e. The summed E-state index contributed by atoms with van der Waals surface area (Å²) in [7, 11) is 1.69. The predicted molar refractivity (Wildman–Crippen MR) is 152 cm³/mol. The summed E-state index contributed by atoms with van der Waals surface area (Å²) in [6.45, 7) is 17.5. The molecule has 0 saturated carbocycles. The second-order valence-electron chi connectivity index (χ2n) is 7.68. The minimum absolute atomic E-state index is 0.0829. The fourth-order valence-electron chi connectivity index (χ4n) is 2.62. The van der Waals surface area contributed by atoms with E-state index in [1.54, 1.807) is 25.8 Å². The number of rotatable bonds is 16. The first-order valence-electron chi connectivity index (χ1n) is 13.9. The maximum atomic E-state index is 11.9. The van der Waals surface area contributed by atoms with Gasteiger partial charge >= 0.3 is 0 Å². The minimum Gasteiger partial charge on any atom is -0.355 e. The second-order valence-corrected chi connectivity index (χ2v) is 7.68. The van der Waals surface area contributed by atoms with Crippen molar-refractivity contribution in [1.82, 2.24) is 26.2 Å². The lowest BCUT2D eigenvalue weighted by atomic mass is 10.1. The highest BCUT2D eigenvalue weighted by molar-refractivity contribution is 5.91. The number of nitrogens with zero attached hydrogens (tertiary/aromatic N) is 1. The number of hydrogen-bond donors (Lipinski definition) is 4. The van der Waals surface area contributed by atoms with Crippen molar-refractivity contribution >= 4 is 35.8 Å². The van der Waals surface area contributed by atoms with Gasteiger partial charge in [-0.15, -0.1) is 0 Å². The van der Waals surface area contributed by atoms with Crippen molar-refractivity contribution in [2.45, 2.75) is 100 Å². The SMILES string of the molecule is CC.CC.CC.CCNC(=O)CNC(=O)C(C)NC(=O)CNC(=O)CCCCCN(C)C(=O)CC(C)C=O. The third-order valence-electron chi connectivity index (χ3n) is 4.57. The van der Waals surface area contributed by atoms with Crippen molar-refractivity contribution in [3.63, 3.8) is 0 Å². The zero-order chi connectivity index (χ0) is 30.5. The van der Waals surface area contributed by atoms with Gasteiger partial charge in [-0.25, -0.2) is 0 Å². The van der Waals surface area contributed by atoms with E-state index in [9.17, 15) is 28.8 Å². The van der Waals surface area contributed by atoms with E-state index in [1.807, 2.05) is 41.5 Å². The van der Waals surface area contributed by atoms with Gasteiger partial charge in [0, 0.05) is 38.9 Å².